The maximum atomic E-state index is 12.7. The lowest BCUT2D eigenvalue weighted by Gasteiger charge is -2.33. The molecule has 1 aliphatic heterocycles. The van der Waals surface area contributed by atoms with E-state index in [4.69, 9.17) is 0 Å². The van der Waals surface area contributed by atoms with E-state index in [-0.39, 0.29) is 24.2 Å². The zero-order valence-corrected chi connectivity index (χ0v) is 20.1. The van der Waals surface area contributed by atoms with Gasteiger partial charge in [-0.25, -0.2) is 8.42 Å². The van der Waals surface area contributed by atoms with Crippen LogP contribution in [0.4, 0.5) is 0 Å². The molecule has 0 aromatic heterocycles. The van der Waals surface area contributed by atoms with Gasteiger partial charge in [-0.2, -0.15) is 4.31 Å². The first-order valence-corrected chi connectivity index (χ1v) is 13.0. The molecule has 2 aromatic carbocycles. The summed E-state index contributed by atoms with van der Waals surface area (Å²) in [6, 6.07) is 17.6. The lowest BCUT2D eigenvalue weighted by molar-refractivity contribution is -0.123. The predicted octanol–water partition coefficient (Wildman–Crippen LogP) is 3.21. The van der Waals surface area contributed by atoms with E-state index in [1.807, 2.05) is 42.2 Å². The quantitative estimate of drug-likeness (QED) is 0.628. The maximum Gasteiger partial charge on any atom is 0.234 e. The highest BCUT2D eigenvalue weighted by Crippen LogP contribution is 2.16. The number of carbonyl (C=O) groups excluding carboxylic acids is 1. The molecule has 7 heteroatoms. The van der Waals surface area contributed by atoms with Gasteiger partial charge in [-0.1, -0.05) is 68.4 Å². The molecular formula is C25H35N3O3S. The number of nitrogens with one attached hydrogen (secondary N) is 1. The van der Waals surface area contributed by atoms with Crippen LogP contribution in [0.25, 0.3) is 0 Å². The van der Waals surface area contributed by atoms with Gasteiger partial charge < -0.3 is 5.32 Å². The number of sulfonamides is 1. The highest BCUT2D eigenvalue weighted by molar-refractivity contribution is 7.88. The SMILES string of the molecule is CC(C)Cc1ccc(C(C)NC(=O)CN2CCN(S(=O)(=O)Cc3ccccc3)CC2)cc1. The average Bonchev–Trinajstić information content (AvgIpc) is 2.74. The number of carbonyl (C=O) groups is 1. The summed E-state index contributed by atoms with van der Waals surface area (Å²) in [7, 11) is -3.35. The van der Waals surface area contributed by atoms with E-state index in [1.165, 1.54) is 9.87 Å². The molecule has 174 valence electrons. The van der Waals surface area contributed by atoms with Gasteiger partial charge in [-0.3, -0.25) is 9.69 Å². The number of piperazine rings is 1. The fourth-order valence-corrected chi connectivity index (χ4v) is 5.55. The minimum atomic E-state index is -3.35. The Hall–Kier alpha value is -2.22. The van der Waals surface area contributed by atoms with Crippen LogP contribution in [0.3, 0.4) is 0 Å². The molecule has 1 aliphatic rings. The Kier molecular flexibility index (Phi) is 8.45. The Balaban J connectivity index is 1.45. The minimum absolute atomic E-state index is 0.0157. The summed E-state index contributed by atoms with van der Waals surface area (Å²) in [6.45, 7) is 8.61. The van der Waals surface area contributed by atoms with Crippen molar-refractivity contribution in [2.45, 2.75) is 39.0 Å². The summed E-state index contributed by atoms with van der Waals surface area (Å²) >= 11 is 0. The van der Waals surface area contributed by atoms with Crippen LogP contribution in [0.15, 0.2) is 54.6 Å². The first kappa shape index (κ1) is 24.4. The normalized spacial score (nSPS) is 16.8. The van der Waals surface area contributed by atoms with Gasteiger partial charge in [-0.05, 0) is 36.0 Å². The van der Waals surface area contributed by atoms with E-state index >= 15 is 0 Å². The summed E-state index contributed by atoms with van der Waals surface area (Å²) in [4.78, 5) is 14.6. The van der Waals surface area contributed by atoms with Gasteiger partial charge in [0.05, 0.1) is 18.3 Å². The van der Waals surface area contributed by atoms with Crippen LogP contribution in [-0.4, -0.2) is 56.3 Å². The molecule has 0 radical (unpaired) electrons. The third kappa shape index (κ3) is 7.15. The monoisotopic (exact) mass is 457 g/mol. The van der Waals surface area contributed by atoms with Crippen molar-refractivity contribution < 1.29 is 13.2 Å². The molecule has 2 aromatic rings. The first-order valence-electron chi connectivity index (χ1n) is 11.4. The number of rotatable bonds is 9. The van der Waals surface area contributed by atoms with Crippen LogP contribution in [-0.2, 0) is 27.0 Å². The molecule has 0 saturated carbocycles. The Morgan fingerprint density at radius 1 is 0.906 bits per heavy atom. The zero-order valence-electron chi connectivity index (χ0n) is 19.3. The van der Waals surface area contributed by atoms with Gasteiger partial charge in [0.15, 0.2) is 0 Å². The van der Waals surface area contributed by atoms with Crippen molar-refractivity contribution in [2.24, 2.45) is 5.92 Å². The number of hydrogen-bond donors (Lipinski definition) is 1. The molecule has 1 fully saturated rings. The molecule has 1 saturated heterocycles. The van der Waals surface area contributed by atoms with E-state index in [0.717, 1.165) is 17.5 Å². The largest absolute Gasteiger partial charge is 0.348 e. The summed E-state index contributed by atoms with van der Waals surface area (Å²) < 4.78 is 26.9. The maximum absolute atomic E-state index is 12.7. The highest BCUT2D eigenvalue weighted by atomic mass is 32.2. The van der Waals surface area contributed by atoms with Crippen molar-refractivity contribution in [3.05, 3.63) is 71.3 Å². The summed E-state index contributed by atoms with van der Waals surface area (Å²) in [6.07, 6.45) is 1.05. The van der Waals surface area contributed by atoms with Crippen molar-refractivity contribution >= 4 is 15.9 Å². The second-order valence-electron chi connectivity index (χ2n) is 9.05. The Morgan fingerprint density at radius 3 is 2.12 bits per heavy atom. The van der Waals surface area contributed by atoms with Crippen LogP contribution < -0.4 is 5.32 Å². The van der Waals surface area contributed by atoms with Gasteiger partial charge in [0.25, 0.3) is 0 Å². The second kappa shape index (κ2) is 11.1. The van der Waals surface area contributed by atoms with E-state index in [9.17, 15) is 13.2 Å². The standard InChI is InChI=1S/C25H35N3O3S/c1-20(2)17-22-9-11-24(12-10-22)21(3)26-25(29)18-27-13-15-28(16-14-27)32(30,31)19-23-7-5-4-6-8-23/h4-12,20-21H,13-19H2,1-3H3,(H,26,29). The van der Waals surface area contributed by atoms with Gasteiger partial charge in [-0.15, -0.1) is 0 Å². The van der Waals surface area contributed by atoms with E-state index in [2.05, 4.69) is 43.4 Å². The van der Waals surface area contributed by atoms with Crippen LogP contribution >= 0.6 is 0 Å². The molecule has 32 heavy (non-hydrogen) atoms. The Bertz CT molecular complexity index is 967. The minimum Gasteiger partial charge on any atom is -0.348 e. The molecule has 0 aliphatic carbocycles. The van der Waals surface area contributed by atoms with Gasteiger partial charge in [0.1, 0.15) is 0 Å². The lowest BCUT2D eigenvalue weighted by atomic mass is 10.00. The van der Waals surface area contributed by atoms with Crippen molar-refractivity contribution in [1.29, 1.82) is 0 Å². The summed E-state index contributed by atoms with van der Waals surface area (Å²) in [5.74, 6) is 0.595. The van der Waals surface area contributed by atoms with Crippen LogP contribution in [0.2, 0.25) is 0 Å². The molecule has 0 spiro atoms. The molecular weight excluding hydrogens is 422 g/mol. The molecule has 1 amide bonds. The van der Waals surface area contributed by atoms with Crippen molar-refractivity contribution in [3.63, 3.8) is 0 Å². The number of hydrogen-bond acceptors (Lipinski definition) is 4. The number of amides is 1. The second-order valence-corrected chi connectivity index (χ2v) is 11.0. The highest BCUT2D eigenvalue weighted by Gasteiger charge is 2.28. The fourth-order valence-electron chi connectivity index (χ4n) is 4.03. The van der Waals surface area contributed by atoms with Crippen molar-refractivity contribution in [3.8, 4) is 0 Å². The third-order valence-electron chi connectivity index (χ3n) is 5.78. The van der Waals surface area contributed by atoms with E-state index in [0.29, 0.717) is 32.1 Å². The molecule has 6 nitrogen and oxygen atoms in total. The Labute approximate surface area is 192 Å². The smallest absolute Gasteiger partial charge is 0.234 e. The summed E-state index contributed by atoms with van der Waals surface area (Å²) in [5.41, 5.74) is 3.19. The molecule has 1 heterocycles. The molecule has 1 N–H and O–H groups in total. The third-order valence-corrected chi connectivity index (χ3v) is 7.63. The van der Waals surface area contributed by atoms with E-state index in [1.54, 1.807) is 0 Å². The van der Waals surface area contributed by atoms with Crippen molar-refractivity contribution in [2.75, 3.05) is 32.7 Å². The van der Waals surface area contributed by atoms with Crippen molar-refractivity contribution in [1.82, 2.24) is 14.5 Å². The van der Waals surface area contributed by atoms with E-state index < -0.39 is 10.0 Å². The topological polar surface area (TPSA) is 69.7 Å². The van der Waals surface area contributed by atoms with Gasteiger partial charge >= 0.3 is 0 Å². The summed E-state index contributed by atoms with van der Waals surface area (Å²) in [5, 5.41) is 3.07. The average molecular weight is 458 g/mol. The molecule has 1 atom stereocenters. The number of nitrogens with zero attached hydrogens (tertiary/aromatic N) is 2. The predicted molar refractivity (Wildman–Crippen MR) is 129 cm³/mol. The molecule has 1 unspecified atom stereocenters. The van der Waals surface area contributed by atoms with Gasteiger partial charge in [0, 0.05) is 26.2 Å². The van der Waals surface area contributed by atoms with Crippen LogP contribution in [0, 0.1) is 5.92 Å². The Morgan fingerprint density at radius 2 is 1.53 bits per heavy atom. The number of benzene rings is 2. The fraction of sp³-hybridized carbons (Fsp3) is 0.480. The van der Waals surface area contributed by atoms with Gasteiger partial charge in [0.2, 0.25) is 15.9 Å². The lowest BCUT2D eigenvalue weighted by Crippen LogP contribution is -2.51. The molecule has 0 bridgehead atoms. The first-order chi connectivity index (χ1) is 15.2. The molecule has 3 rings (SSSR count). The van der Waals surface area contributed by atoms with Crippen LogP contribution in [0.5, 0.6) is 0 Å². The zero-order chi connectivity index (χ0) is 23.1. The van der Waals surface area contributed by atoms with Crippen LogP contribution in [0.1, 0.15) is 43.5 Å².